The lowest BCUT2D eigenvalue weighted by atomic mass is 10.0. The molecule has 0 saturated carbocycles. The Bertz CT molecular complexity index is 387. The molecular weight excluding hydrogens is 226 g/mol. The summed E-state index contributed by atoms with van der Waals surface area (Å²) < 4.78 is 0. The number of nitrogens with two attached hydrogens (primary N) is 1. The van der Waals surface area contributed by atoms with E-state index in [2.05, 4.69) is 55.1 Å². The third kappa shape index (κ3) is 3.57. The fourth-order valence-electron chi connectivity index (χ4n) is 1.53. The summed E-state index contributed by atoms with van der Waals surface area (Å²) in [5.41, 5.74) is 6.99. The summed E-state index contributed by atoms with van der Waals surface area (Å²) >= 11 is 0. The maximum Gasteiger partial charge on any atom is 0.134 e. The van der Waals surface area contributed by atoms with Gasteiger partial charge in [0.05, 0.1) is 0 Å². The second-order valence-electron chi connectivity index (χ2n) is 5.40. The van der Waals surface area contributed by atoms with Crippen LogP contribution in [0.15, 0.2) is 6.33 Å². The Hall–Kier alpha value is -1.36. The quantitative estimate of drug-likeness (QED) is 0.806. The van der Waals surface area contributed by atoms with Crippen molar-refractivity contribution in [2.24, 2.45) is 0 Å². The highest BCUT2D eigenvalue weighted by molar-refractivity contribution is 5.55. The normalized spacial score (nSPS) is 11.9. The largest absolute Gasteiger partial charge is 0.383 e. The van der Waals surface area contributed by atoms with Gasteiger partial charge in [-0.1, -0.05) is 13.3 Å². The highest BCUT2D eigenvalue weighted by atomic mass is 15.2. The van der Waals surface area contributed by atoms with Gasteiger partial charge >= 0.3 is 0 Å². The van der Waals surface area contributed by atoms with Gasteiger partial charge in [0.1, 0.15) is 18.0 Å². The number of anilines is 2. The Kier molecular flexibility index (Phi) is 4.90. The third-order valence-corrected chi connectivity index (χ3v) is 3.38. The molecular formula is C13H25N5. The van der Waals surface area contributed by atoms with Crippen LogP contribution in [0.2, 0.25) is 0 Å². The predicted octanol–water partition coefficient (Wildman–Crippen LogP) is 1.76. The molecule has 1 heterocycles. The van der Waals surface area contributed by atoms with E-state index in [0.29, 0.717) is 5.82 Å². The van der Waals surface area contributed by atoms with Crippen molar-refractivity contribution in [2.45, 2.75) is 39.2 Å². The van der Waals surface area contributed by atoms with Gasteiger partial charge in [-0.2, -0.15) is 0 Å². The van der Waals surface area contributed by atoms with Gasteiger partial charge in [0, 0.05) is 17.6 Å². The van der Waals surface area contributed by atoms with E-state index in [1.807, 2.05) is 0 Å². The number of rotatable bonds is 6. The van der Waals surface area contributed by atoms with E-state index in [0.717, 1.165) is 30.8 Å². The van der Waals surface area contributed by atoms with Crippen LogP contribution in [0.3, 0.4) is 0 Å². The molecule has 0 aromatic carbocycles. The van der Waals surface area contributed by atoms with Gasteiger partial charge in [0.15, 0.2) is 0 Å². The molecule has 3 N–H and O–H groups in total. The summed E-state index contributed by atoms with van der Waals surface area (Å²) in [6.45, 7) is 7.31. The molecule has 0 fully saturated rings. The first-order valence-electron chi connectivity index (χ1n) is 6.39. The Morgan fingerprint density at radius 2 is 2.00 bits per heavy atom. The molecule has 102 valence electrons. The number of nitrogens with one attached hydrogen (secondary N) is 1. The summed E-state index contributed by atoms with van der Waals surface area (Å²) in [7, 11) is 4.14. The maximum absolute atomic E-state index is 5.91. The van der Waals surface area contributed by atoms with Crippen molar-refractivity contribution >= 4 is 11.6 Å². The molecule has 0 spiro atoms. The van der Waals surface area contributed by atoms with Gasteiger partial charge in [0.2, 0.25) is 0 Å². The van der Waals surface area contributed by atoms with Crippen LogP contribution in [0.1, 0.15) is 32.8 Å². The second-order valence-corrected chi connectivity index (χ2v) is 5.40. The van der Waals surface area contributed by atoms with Gasteiger partial charge in [0.25, 0.3) is 0 Å². The Morgan fingerprint density at radius 1 is 1.33 bits per heavy atom. The fourth-order valence-corrected chi connectivity index (χ4v) is 1.53. The minimum absolute atomic E-state index is 0.0587. The van der Waals surface area contributed by atoms with Crippen molar-refractivity contribution in [3.63, 3.8) is 0 Å². The Labute approximate surface area is 110 Å². The van der Waals surface area contributed by atoms with E-state index >= 15 is 0 Å². The molecule has 0 aliphatic carbocycles. The summed E-state index contributed by atoms with van der Waals surface area (Å²) in [4.78, 5) is 10.5. The molecule has 18 heavy (non-hydrogen) atoms. The molecule has 0 aliphatic rings. The lowest BCUT2D eigenvalue weighted by Gasteiger charge is -2.33. The molecule has 0 amide bonds. The van der Waals surface area contributed by atoms with Crippen molar-refractivity contribution < 1.29 is 0 Å². The van der Waals surface area contributed by atoms with Gasteiger partial charge in [-0.25, -0.2) is 9.97 Å². The zero-order valence-electron chi connectivity index (χ0n) is 12.1. The first-order chi connectivity index (χ1) is 8.38. The molecule has 0 radical (unpaired) electrons. The van der Waals surface area contributed by atoms with E-state index in [-0.39, 0.29) is 5.54 Å². The van der Waals surface area contributed by atoms with Crippen LogP contribution in [0, 0.1) is 0 Å². The highest BCUT2D eigenvalue weighted by Gasteiger charge is 2.21. The fraction of sp³-hybridized carbons (Fsp3) is 0.692. The first kappa shape index (κ1) is 14.7. The number of likely N-dealkylation sites (N-methyl/N-ethyl adjacent to an activating group) is 1. The number of hydrogen-bond acceptors (Lipinski definition) is 5. The highest BCUT2D eigenvalue weighted by Crippen LogP contribution is 2.20. The molecule has 0 bridgehead atoms. The van der Waals surface area contributed by atoms with E-state index in [4.69, 9.17) is 5.73 Å². The van der Waals surface area contributed by atoms with Crippen molar-refractivity contribution in [1.29, 1.82) is 0 Å². The van der Waals surface area contributed by atoms with Gasteiger partial charge in [-0.3, -0.25) is 0 Å². The van der Waals surface area contributed by atoms with Crippen molar-refractivity contribution in [3.05, 3.63) is 11.9 Å². The SMILES string of the molecule is CCCc1c(N)ncnc1NCC(C)(C)N(C)C. The number of hydrogen-bond donors (Lipinski definition) is 2. The monoisotopic (exact) mass is 251 g/mol. The average Bonchev–Trinajstić information content (AvgIpc) is 2.30. The topological polar surface area (TPSA) is 67.1 Å². The van der Waals surface area contributed by atoms with Crippen molar-refractivity contribution in [3.8, 4) is 0 Å². The molecule has 1 aromatic heterocycles. The van der Waals surface area contributed by atoms with Crippen LogP contribution in [0.4, 0.5) is 11.6 Å². The molecule has 0 aliphatic heterocycles. The Morgan fingerprint density at radius 3 is 2.56 bits per heavy atom. The lowest BCUT2D eigenvalue weighted by Crippen LogP contribution is -2.44. The standard InChI is InChI=1S/C13H25N5/c1-6-7-10-11(14)16-9-17-12(10)15-8-13(2,3)18(4)5/h9H,6-8H2,1-5H3,(H3,14,15,16,17). The maximum atomic E-state index is 5.91. The molecule has 0 atom stereocenters. The summed E-state index contributed by atoms with van der Waals surface area (Å²) in [6, 6.07) is 0. The van der Waals surface area contributed by atoms with Crippen LogP contribution in [-0.2, 0) is 6.42 Å². The van der Waals surface area contributed by atoms with Crippen LogP contribution >= 0.6 is 0 Å². The summed E-state index contributed by atoms with van der Waals surface area (Å²) in [5.74, 6) is 1.44. The molecule has 5 nitrogen and oxygen atoms in total. The van der Waals surface area contributed by atoms with E-state index in [9.17, 15) is 0 Å². The van der Waals surface area contributed by atoms with Crippen LogP contribution < -0.4 is 11.1 Å². The zero-order valence-corrected chi connectivity index (χ0v) is 12.1. The number of aromatic nitrogens is 2. The number of nitrogens with zero attached hydrogens (tertiary/aromatic N) is 3. The van der Waals surface area contributed by atoms with E-state index < -0.39 is 0 Å². The van der Waals surface area contributed by atoms with Crippen LogP contribution in [0.25, 0.3) is 0 Å². The van der Waals surface area contributed by atoms with E-state index in [1.54, 1.807) is 0 Å². The smallest absolute Gasteiger partial charge is 0.134 e. The van der Waals surface area contributed by atoms with Crippen molar-refractivity contribution in [1.82, 2.24) is 14.9 Å². The second kappa shape index (κ2) is 6.00. The van der Waals surface area contributed by atoms with E-state index in [1.165, 1.54) is 6.33 Å². The first-order valence-corrected chi connectivity index (χ1v) is 6.39. The third-order valence-electron chi connectivity index (χ3n) is 3.38. The Balaban J connectivity index is 2.82. The summed E-state index contributed by atoms with van der Waals surface area (Å²) in [6.07, 6.45) is 3.44. The summed E-state index contributed by atoms with van der Waals surface area (Å²) in [5, 5.41) is 3.39. The molecule has 5 heteroatoms. The lowest BCUT2D eigenvalue weighted by molar-refractivity contribution is 0.210. The molecule has 1 rings (SSSR count). The van der Waals surface area contributed by atoms with Crippen LogP contribution in [0.5, 0.6) is 0 Å². The molecule has 0 saturated heterocycles. The van der Waals surface area contributed by atoms with Crippen molar-refractivity contribution in [2.75, 3.05) is 31.7 Å². The van der Waals surface area contributed by atoms with Gasteiger partial charge < -0.3 is 16.0 Å². The van der Waals surface area contributed by atoms with Crippen LogP contribution in [-0.4, -0.2) is 41.0 Å². The molecule has 0 unspecified atom stereocenters. The zero-order chi connectivity index (χ0) is 13.8. The average molecular weight is 251 g/mol. The molecule has 1 aromatic rings. The minimum Gasteiger partial charge on any atom is -0.383 e. The van der Waals surface area contributed by atoms with Gasteiger partial charge in [-0.05, 0) is 34.4 Å². The number of nitrogen functional groups attached to an aromatic ring is 1. The van der Waals surface area contributed by atoms with Gasteiger partial charge in [-0.15, -0.1) is 0 Å². The predicted molar refractivity (Wildman–Crippen MR) is 76.7 cm³/mol. The minimum atomic E-state index is 0.0587.